The van der Waals surface area contributed by atoms with E-state index in [1.54, 1.807) is 0 Å². The van der Waals surface area contributed by atoms with Crippen LogP contribution in [0.15, 0.2) is 24.3 Å². The zero-order valence-corrected chi connectivity index (χ0v) is 9.89. The van der Waals surface area contributed by atoms with Gasteiger partial charge in [-0.05, 0) is 17.5 Å². The van der Waals surface area contributed by atoms with Crippen molar-refractivity contribution >= 4 is 5.91 Å². The number of hydrogen-bond acceptors (Lipinski definition) is 2. The van der Waals surface area contributed by atoms with Crippen molar-refractivity contribution in [1.29, 1.82) is 0 Å². The largest absolute Gasteiger partial charge is 0.381 e. The van der Waals surface area contributed by atoms with Gasteiger partial charge in [-0.15, -0.1) is 0 Å². The van der Waals surface area contributed by atoms with Gasteiger partial charge in [0.1, 0.15) is 0 Å². The van der Waals surface area contributed by atoms with Gasteiger partial charge in [0.25, 0.3) is 0 Å². The zero-order valence-electron chi connectivity index (χ0n) is 9.89. The maximum atomic E-state index is 12.1. The molecule has 1 fully saturated rings. The van der Waals surface area contributed by atoms with E-state index in [1.165, 1.54) is 11.1 Å². The second-order valence-electron chi connectivity index (χ2n) is 4.94. The minimum absolute atomic E-state index is 0.285. The van der Waals surface area contributed by atoms with Crippen molar-refractivity contribution in [2.75, 3.05) is 19.8 Å². The summed E-state index contributed by atoms with van der Waals surface area (Å²) in [5.41, 5.74) is 2.69. The number of rotatable bonds is 2. The number of nitrogens with zero attached hydrogens (tertiary/aromatic N) is 1. The molecule has 1 amide bonds. The predicted molar refractivity (Wildman–Crippen MR) is 64.5 cm³/mol. The Bertz CT molecular complexity index is 426. The van der Waals surface area contributed by atoms with E-state index >= 15 is 0 Å². The minimum Gasteiger partial charge on any atom is -0.381 e. The average Bonchev–Trinajstić information content (AvgIpc) is 2.33. The molecular weight excluding hydrogens is 214 g/mol. The first-order valence-electron chi connectivity index (χ1n) is 6.25. The third kappa shape index (κ3) is 2.20. The smallest absolute Gasteiger partial charge is 0.223 e. The Morgan fingerprint density at radius 3 is 2.76 bits per heavy atom. The molecule has 3 rings (SSSR count). The summed E-state index contributed by atoms with van der Waals surface area (Å²) in [6, 6.07) is 8.41. The second kappa shape index (κ2) is 4.49. The number of ether oxygens (including phenoxy) is 1. The number of amides is 1. The highest BCUT2D eigenvalue weighted by atomic mass is 16.5. The molecule has 2 aliphatic rings. The summed E-state index contributed by atoms with van der Waals surface area (Å²) < 4.78 is 5.11. The van der Waals surface area contributed by atoms with Gasteiger partial charge in [0.2, 0.25) is 5.91 Å². The van der Waals surface area contributed by atoms with Crippen molar-refractivity contribution in [3.8, 4) is 0 Å². The molecular formula is C14H17NO2. The van der Waals surface area contributed by atoms with E-state index in [2.05, 4.69) is 18.2 Å². The molecule has 90 valence electrons. The van der Waals surface area contributed by atoms with Crippen LogP contribution in [-0.2, 0) is 22.5 Å². The van der Waals surface area contributed by atoms with Crippen LogP contribution in [0, 0.1) is 5.92 Å². The number of carbonyl (C=O) groups is 1. The molecule has 1 aromatic carbocycles. The summed E-state index contributed by atoms with van der Waals surface area (Å²) >= 11 is 0. The van der Waals surface area contributed by atoms with Crippen molar-refractivity contribution in [3.05, 3.63) is 35.4 Å². The van der Waals surface area contributed by atoms with Crippen LogP contribution in [-0.4, -0.2) is 30.6 Å². The van der Waals surface area contributed by atoms with Crippen molar-refractivity contribution in [2.24, 2.45) is 5.92 Å². The van der Waals surface area contributed by atoms with Crippen LogP contribution in [0.5, 0.6) is 0 Å². The number of benzene rings is 1. The zero-order chi connectivity index (χ0) is 11.7. The minimum atomic E-state index is 0.285. The summed E-state index contributed by atoms with van der Waals surface area (Å²) in [5, 5.41) is 0. The summed E-state index contributed by atoms with van der Waals surface area (Å²) in [6.45, 7) is 3.17. The lowest BCUT2D eigenvalue weighted by Crippen LogP contribution is -2.39. The van der Waals surface area contributed by atoms with Crippen molar-refractivity contribution in [3.63, 3.8) is 0 Å². The molecule has 0 spiro atoms. The molecule has 0 N–H and O–H groups in total. The molecule has 0 aliphatic carbocycles. The van der Waals surface area contributed by atoms with E-state index in [4.69, 9.17) is 4.74 Å². The van der Waals surface area contributed by atoms with Crippen LogP contribution in [0.1, 0.15) is 17.5 Å². The van der Waals surface area contributed by atoms with Gasteiger partial charge in [-0.25, -0.2) is 0 Å². The highest BCUT2D eigenvalue weighted by molar-refractivity contribution is 5.77. The van der Waals surface area contributed by atoms with E-state index in [1.807, 2.05) is 11.0 Å². The summed E-state index contributed by atoms with van der Waals surface area (Å²) in [5.74, 6) is 0.743. The standard InChI is InChI=1S/C14H17NO2/c16-14(7-11-9-17-10-11)15-6-5-12-3-1-2-4-13(12)8-15/h1-4,11H,5-10H2. The molecule has 3 heteroatoms. The van der Waals surface area contributed by atoms with Gasteiger partial charge in [-0.3, -0.25) is 4.79 Å². The summed E-state index contributed by atoms with van der Waals surface area (Å²) in [6.07, 6.45) is 1.64. The molecule has 0 bridgehead atoms. The van der Waals surface area contributed by atoms with E-state index in [9.17, 15) is 4.79 Å². The van der Waals surface area contributed by atoms with Gasteiger partial charge in [0, 0.05) is 25.4 Å². The lowest BCUT2D eigenvalue weighted by atomic mass is 9.98. The Morgan fingerprint density at radius 1 is 1.29 bits per heavy atom. The molecule has 0 unspecified atom stereocenters. The lowest BCUT2D eigenvalue weighted by Gasteiger charge is -2.32. The van der Waals surface area contributed by atoms with Crippen LogP contribution in [0.2, 0.25) is 0 Å². The topological polar surface area (TPSA) is 29.5 Å². The Hall–Kier alpha value is -1.35. The third-order valence-corrected chi connectivity index (χ3v) is 3.65. The lowest BCUT2D eigenvalue weighted by molar-refractivity contribution is -0.137. The molecule has 0 atom stereocenters. The van der Waals surface area contributed by atoms with Crippen LogP contribution < -0.4 is 0 Å². The maximum absolute atomic E-state index is 12.1. The Morgan fingerprint density at radius 2 is 2.06 bits per heavy atom. The van der Waals surface area contributed by atoms with Gasteiger partial charge in [-0.1, -0.05) is 24.3 Å². The molecule has 17 heavy (non-hydrogen) atoms. The van der Waals surface area contributed by atoms with E-state index in [0.29, 0.717) is 12.3 Å². The monoisotopic (exact) mass is 231 g/mol. The van der Waals surface area contributed by atoms with Crippen LogP contribution in [0.3, 0.4) is 0 Å². The van der Waals surface area contributed by atoms with Crippen molar-refractivity contribution in [1.82, 2.24) is 4.90 Å². The fraction of sp³-hybridized carbons (Fsp3) is 0.500. The molecule has 1 aromatic rings. The predicted octanol–water partition coefficient (Wildman–Crippen LogP) is 1.61. The van der Waals surface area contributed by atoms with Gasteiger partial charge >= 0.3 is 0 Å². The first-order chi connectivity index (χ1) is 8.33. The molecule has 1 saturated heterocycles. The summed E-state index contributed by atoms with van der Waals surface area (Å²) in [4.78, 5) is 14.1. The average molecular weight is 231 g/mol. The van der Waals surface area contributed by atoms with E-state index in [-0.39, 0.29) is 5.91 Å². The normalized spacial score (nSPS) is 19.6. The van der Waals surface area contributed by atoms with E-state index < -0.39 is 0 Å². The second-order valence-corrected chi connectivity index (χ2v) is 4.94. The highest BCUT2D eigenvalue weighted by Gasteiger charge is 2.26. The summed E-state index contributed by atoms with van der Waals surface area (Å²) in [7, 11) is 0. The Kier molecular flexibility index (Phi) is 2.85. The van der Waals surface area contributed by atoms with Gasteiger partial charge in [-0.2, -0.15) is 0 Å². The fourth-order valence-corrected chi connectivity index (χ4v) is 2.49. The number of hydrogen-bond donors (Lipinski definition) is 0. The van der Waals surface area contributed by atoms with Gasteiger partial charge in [0.15, 0.2) is 0 Å². The molecule has 2 heterocycles. The van der Waals surface area contributed by atoms with Crippen molar-refractivity contribution < 1.29 is 9.53 Å². The third-order valence-electron chi connectivity index (χ3n) is 3.65. The van der Waals surface area contributed by atoms with E-state index in [0.717, 1.165) is 32.7 Å². The van der Waals surface area contributed by atoms with Gasteiger partial charge in [0.05, 0.1) is 13.2 Å². The Balaban J connectivity index is 1.64. The first-order valence-corrected chi connectivity index (χ1v) is 6.25. The molecule has 0 radical (unpaired) electrons. The first kappa shape index (κ1) is 10.8. The SMILES string of the molecule is O=C(CC1COC1)N1CCc2ccccc2C1. The number of fused-ring (bicyclic) bond motifs is 1. The number of carbonyl (C=O) groups excluding carboxylic acids is 1. The van der Waals surface area contributed by atoms with Crippen LogP contribution >= 0.6 is 0 Å². The Labute approximate surface area is 101 Å². The molecule has 0 saturated carbocycles. The van der Waals surface area contributed by atoms with Crippen molar-refractivity contribution in [2.45, 2.75) is 19.4 Å². The quantitative estimate of drug-likeness (QED) is 0.774. The molecule has 2 aliphatic heterocycles. The van der Waals surface area contributed by atoms with Crippen LogP contribution in [0.25, 0.3) is 0 Å². The molecule has 3 nitrogen and oxygen atoms in total. The van der Waals surface area contributed by atoms with Gasteiger partial charge < -0.3 is 9.64 Å². The molecule has 0 aromatic heterocycles. The fourth-order valence-electron chi connectivity index (χ4n) is 2.49. The highest BCUT2D eigenvalue weighted by Crippen LogP contribution is 2.21. The van der Waals surface area contributed by atoms with Crippen LogP contribution in [0.4, 0.5) is 0 Å². The maximum Gasteiger partial charge on any atom is 0.223 e.